The Morgan fingerprint density at radius 3 is 2.75 bits per heavy atom. The number of hydrazine groups is 1. The summed E-state index contributed by atoms with van der Waals surface area (Å²) in [5.74, 6) is 5.22. The number of non-ortho nitro benzene ring substituents is 1. The van der Waals surface area contributed by atoms with Gasteiger partial charge in [0, 0.05) is 17.0 Å². The normalized spacial score (nSPS) is 10.1. The molecule has 0 aliphatic carbocycles. The van der Waals surface area contributed by atoms with E-state index in [9.17, 15) is 14.9 Å². The molecule has 0 saturated carbocycles. The summed E-state index contributed by atoms with van der Waals surface area (Å²) in [5.41, 5.74) is 2.05. The minimum absolute atomic E-state index is 0.0195. The molecule has 0 spiro atoms. The zero-order valence-corrected chi connectivity index (χ0v) is 12.4. The van der Waals surface area contributed by atoms with Crippen molar-refractivity contribution in [3.05, 3.63) is 32.8 Å². The van der Waals surface area contributed by atoms with Crippen LogP contribution in [0.4, 0.5) is 5.69 Å². The smallest absolute Gasteiger partial charge is 0.274 e. The summed E-state index contributed by atoms with van der Waals surface area (Å²) in [6.45, 7) is 0.442. The molecular weight excluding hydrogens is 330 g/mol. The lowest BCUT2D eigenvalue weighted by molar-refractivity contribution is -0.385. The molecule has 0 heterocycles. The molecule has 8 heteroatoms. The molecule has 0 bridgehead atoms. The van der Waals surface area contributed by atoms with E-state index in [1.165, 1.54) is 12.1 Å². The third-order valence-electron chi connectivity index (χ3n) is 2.54. The average Bonchev–Trinajstić information content (AvgIpc) is 2.41. The van der Waals surface area contributed by atoms with Gasteiger partial charge in [0.05, 0.1) is 17.6 Å². The van der Waals surface area contributed by atoms with Crippen LogP contribution in [0.5, 0.6) is 5.75 Å². The van der Waals surface area contributed by atoms with Crippen molar-refractivity contribution in [2.75, 3.05) is 6.61 Å². The molecule has 1 amide bonds. The molecule has 110 valence electrons. The second-order valence-corrected chi connectivity index (χ2v) is 5.04. The quantitative estimate of drug-likeness (QED) is 0.247. The molecule has 1 aromatic rings. The Morgan fingerprint density at radius 2 is 2.10 bits per heavy atom. The highest BCUT2D eigenvalue weighted by Crippen LogP contribution is 2.26. The number of halogens is 1. The van der Waals surface area contributed by atoms with Crippen LogP contribution in [0.2, 0.25) is 0 Å². The van der Waals surface area contributed by atoms with Crippen molar-refractivity contribution in [3.8, 4) is 5.75 Å². The van der Waals surface area contributed by atoms with Gasteiger partial charge >= 0.3 is 0 Å². The third-order valence-corrected chi connectivity index (χ3v) is 3.00. The summed E-state index contributed by atoms with van der Waals surface area (Å²) in [6, 6.07) is 4.47. The van der Waals surface area contributed by atoms with Crippen LogP contribution in [0, 0.1) is 10.1 Å². The van der Waals surface area contributed by atoms with Gasteiger partial charge in [-0.15, -0.1) is 0 Å². The number of ether oxygens (including phenoxy) is 1. The minimum Gasteiger partial charge on any atom is -0.493 e. The van der Waals surface area contributed by atoms with E-state index in [2.05, 4.69) is 21.4 Å². The predicted octanol–water partition coefficient (Wildman–Crippen LogP) is 2.29. The number of nitrogens with two attached hydrogens (primary N) is 1. The van der Waals surface area contributed by atoms with Crippen LogP contribution in [-0.2, 0) is 4.79 Å². The maximum Gasteiger partial charge on any atom is 0.274 e. The number of hydrogen-bond acceptors (Lipinski definition) is 5. The Bertz CT molecular complexity index is 482. The van der Waals surface area contributed by atoms with E-state index in [-0.39, 0.29) is 11.6 Å². The average molecular weight is 346 g/mol. The number of carbonyl (C=O) groups excluding carboxylic acids is 1. The summed E-state index contributed by atoms with van der Waals surface area (Å²) in [4.78, 5) is 21.1. The first-order chi connectivity index (χ1) is 9.52. The fourth-order valence-electron chi connectivity index (χ4n) is 1.56. The lowest BCUT2D eigenvalue weighted by Gasteiger charge is -2.06. The van der Waals surface area contributed by atoms with E-state index in [4.69, 9.17) is 10.6 Å². The van der Waals surface area contributed by atoms with Crippen molar-refractivity contribution in [2.45, 2.75) is 25.7 Å². The Kier molecular flexibility index (Phi) is 6.96. The van der Waals surface area contributed by atoms with Gasteiger partial charge in [-0.2, -0.15) is 0 Å². The van der Waals surface area contributed by atoms with Gasteiger partial charge in [-0.05, 0) is 25.3 Å². The summed E-state index contributed by atoms with van der Waals surface area (Å²) < 4.78 is 6.05. The Labute approximate surface area is 124 Å². The van der Waals surface area contributed by atoms with Crippen LogP contribution in [0.1, 0.15) is 25.7 Å². The van der Waals surface area contributed by atoms with Gasteiger partial charge in [-0.25, -0.2) is 5.84 Å². The molecule has 0 fully saturated rings. The molecule has 0 unspecified atom stereocenters. The fourth-order valence-corrected chi connectivity index (χ4v) is 2.02. The monoisotopic (exact) mass is 345 g/mol. The second-order valence-electron chi connectivity index (χ2n) is 4.13. The van der Waals surface area contributed by atoms with Gasteiger partial charge < -0.3 is 4.74 Å². The largest absolute Gasteiger partial charge is 0.493 e. The SMILES string of the molecule is NNC(=O)CCCCCOc1cc(Br)cc([N+](=O)[O-])c1. The van der Waals surface area contributed by atoms with Crippen LogP contribution in [0.3, 0.4) is 0 Å². The number of amides is 1. The highest BCUT2D eigenvalue weighted by Gasteiger charge is 2.09. The molecule has 0 aliphatic heterocycles. The van der Waals surface area contributed by atoms with Crippen molar-refractivity contribution in [1.29, 1.82) is 0 Å². The number of nitrogens with one attached hydrogen (secondary N) is 1. The fraction of sp³-hybridized carbons (Fsp3) is 0.417. The molecule has 1 rings (SSSR count). The van der Waals surface area contributed by atoms with Crippen LogP contribution in [-0.4, -0.2) is 17.4 Å². The van der Waals surface area contributed by atoms with E-state index >= 15 is 0 Å². The van der Waals surface area contributed by atoms with Crippen molar-refractivity contribution in [2.24, 2.45) is 5.84 Å². The molecule has 0 saturated heterocycles. The number of nitro groups is 1. The van der Waals surface area contributed by atoms with Crippen molar-refractivity contribution < 1.29 is 14.5 Å². The highest BCUT2D eigenvalue weighted by molar-refractivity contribution is 9.10. The zero-order valence-electron chi connectivity index (χ0n) is 10.8. The second kappa shape index (κ2) is 8.49. The van der Waals surface area contributed by atoms with Gasteiger partial charge in [-0.1, -0.05) is 15.9 Å². The Hall–Kier alpha value is -1.67. The molecule has 1 aromatic carbocycles. The number of hydrogen-bond donors (Lipinski definition) is 2. The van der Waals surface area contributed by atoms with Gasteiger partial charge in [0.1, 0.15) is 5.75 Å². The van der Waals surface area contributed by atoms with Crippen LogP contribution in [0.25, 0.3) is 0 Å². The van der Waals surface area contributed by atoms with E-state index < -0.39 is 4.92 Å². The minimum atomic E-state index is -0.469. The number of carbonyl (C=O) groups is 1. The summed E-state index contributed by atoms with van der Waals surface area (Å²) in [5, 5.41) is 10.7. The van der Waals surface area contributed by atoms with Gasteiger partial charge in [0.25, 0.3) is 5.69 Å². The molecule has 0 atom stereocenters. The molecule has 0 aromatic heterocycles. The zero-order chi connectivity index (χ0) is 15.0. The molecule has 0 radical (unpaired) electrons. The maximum absolute atomic E-state index is 10.9. The third kappa shape index (κ3) is 5.98. The standard InChI is InChI=1S/C12H16BrN3O4/c13-9-6-10(16(18)19)8-11(7-9)20-5-3-1-2-4-12(17)15-14/h6-8H,1-5,14H2,(H,15,17). The van der Waals surface area contributed by atoms with E-state index in [0.717, 1.165) is 19.3 Å². The molecule has 0 aliphatic rings. The lowest BCUT2D eigenvalue weighted by atomic mass is 10.2. The van der Waals surface area contributed by atoms with Crippen molar-refractivity contribution in [3.63, 3.8) is 0 Å². The van der Waals surface area contributed by atoms with Gasteiger partial charge in [-0.3, -0.25) is 20.3 Å². The number of nitro benzene ring substituents is 1. The highest BCUT2D eigenvalue weighted by atomic mass is 79.9. The maximum atomic E-state index is 10.9. The van der Waals surface area contributed by atoms with Gasteiger partial charge in [0.2, 0.25) is 5.91 Å². The summed E-state index contributed by atoms with van der Waals surface area (Å²) >= 11 is 3.20. The lowest BCUT2D eigenvalue weighted by Crippen LogP contribution is -2.29. The van der Waals surface area contributed by atoms with Gasteiger partial charge in [0.15, 0.2) is 0 Å². The van der Waals surface area contributed by atoms with Crippen molar-refractivity contribution in [1.82, 2.24) is 5.43 Å². The number of unbranched alkanes of at least 4 members (excludes halogenated alkanes) is 2. The van der Waals surface area contributed by atoms with Crippen LogP contribution in [0.15, 0.2) is 22.7 Å². The van der Waals surface area contributed by atoms with E-state index in [1.54, 1.807) is 6.07 Å². The van der Waals surface area contributed by atoms with Crippen molar-refractivity contribution >= 4 is 27.5 Å². The van der Waals surface area contributed by atoms with Crippen LogP contribution < -0.4 is 16.0 Å². The predicted molar refractivity (Wildman–Crippen MR) is 77.1 cm³/mol. The number of nitrogens with zero attached hydrogens (tertiary/aromatic N) is 1. The number of benzene rings is 1. The molecule has 20 heavy (non-hydrogen) atoms. The van der Waals surface area contributed by atoms with Crippen LogP contribution >= 0.6 is 15.9 Å². The Morgan fingerprint density at radius 1 is 1.35 bits per heavy atom. The first-order valence-electron chi connectivity index (χ1n) is 6.10. The Balaban J connectivity index is 2.32. The summed E-state index contributed by atoms with van der Waals surface area (Å²) in [6.07, 6.45) is 2.70. The molecular formula is C12H16BrN3O4. The number of rotatable bonds is 8. The summed E-state index contributed by atoms with van der Waals surface area (Å²) in [7, 11) is 0. The molecule has 7 nitrogen and oxygen atoms in total. The first-order valence-corrected chi connectivity index (χ1v) is 6.89. The first kappa shape index (κ1) is 16.4. The topological polar surface area (TPSA) is 107 Å². The molecule has 3 N–H and O–H groups in total. The van der Waals surface area contributed by atoms with E-state index in [0.29, 0.717) is 23.2 Å². The van der Waals surface area contributed by atoms with E-state index in [1.807, 2.05) is 0 Å².